The van der Waals surface area contributed by atoms with Crippen molar-refractivity contribution in [3.63, 3.8) is 0 Å². The molecule has 10 heteroatoms. The van der Waals surface area contributed by atoms with Gasteiger partial charge in [0.1, 0.15) is 6.04 Å². The molecule has 0 saturated carbocycles. The molecule has 0 aliphatic carbocycles. The lowest BCUT2D eigenvalue weighted by Gasteiger charge is -2.30. The first kappa shape index (κ1) is 29.9. The zero-order chi connectivity index (χ0) is 27.0. The van der Waals surface area contributed by atoms with Crippen LogP contribution in [0.2, 0.25) is 10.0 Å². The van der Waals surface area contributed by atoms with E-state index in [1.165, 1.54) is 9.21 Å². The maximum atomic E-state index is 13.3. The zero-order valence-corrected chi connectivity index (χ0v) is 23.8. The Morgan fingerprint density at radius 1 is 1.08 bits per heavy atom. The highest BCUT2D eigenvalue weighted by molar-refractivity contribution is 7.92. The number of benzene rings is 2. The molecule has 0 heterocycles. The van der Waals surface area contributed by atoms with E-state index in [-0.39, 0.29) is 37.7 Å². The van der Waals surface area contributed by atoms with E-state index in [2.05, 4.69) is 5.32 Å². The predicted octanol–water partition coefficient (Wildman–Crippen LogP) is 5.10. The Balaban J connectivity index is 2.22. The molecule has 36 heavy (non-hydrogen) atoms. The number of carbonyl (C=O) groups excluding carboxylic acids is 2. The first-order chi connectivity index (χ1) is 16.8. The summed E-state index contributed by atoms with van der Waals surface area (Å²) in [4.78, 5) is 27.5. The Morgan fingerprint density at radius 3 is 2.39 bits per heavy atom. The van der Waals surface area contributed by atoms with Crippen molar-refractivity contribution < 1.29 is 18.0 Å². The fourth-order valence-corrected chi connectivity index (χ4v) is 5.27. The summed E-state index contributed by atoms with van der Waals surface area (Å²) in [5, 5.41) is 3.71. The Kier molecular flexibility index (Phi) is 11.1. The van der Waals surface area contributed by atoms with Crippen LogP contribution in [0.3, 0.4) is 0 Å². The van der Waals surface area contributed by atoms with Crippen molar-refractivity contribution in [2.24, 2.45) is 0 Å². The molecule has 1 N–H and O–H groups in total. The number of nitrogens with zero attached hydrogens (tertiary/aromatic N) is 2. The summed E-state index contributed by atoms with van der Waals surface area (Å²) < 4.78 is 26.5. The molecule has 0 unspecified atom stereocenters. The second kappa shape index (κ2) is 13.3. The number of anilines is 1. The van der Waals surface area contributed by atoms with Gasteiger partial charge in [-0.25, -0.2) is 8.42 Å². The summed E-state index contributed by atoms with van der Waals surface area (Å²) in [7, 11) is -3.56. The van der Waals surface area contributed by atoms with Crippen LogP contribution in [0.1, 0.15) is 49.8 Å². The van der Waals surface area contributed by atoms with E-state index in [1.54, 1.807) is 25.1 Å². The van der Waals surface area contributed by atoms with Gasteiger partial charge in [0.15, 0.2) is 0 Å². The number of amides is 2. The molecule has 0 fully saturated rings. The highest BCUT2D eigenvalue weighted by Gasteiger charge is 2.27. The normalized spacial score (nSPS) is 12.2. The molecule has 2 amide bonds. The Morgan fingerprint density at radius 2 is 1.78 bits per heavy atom. The van der Waals surface area contributed by atoms with Crippen molar-refractivity contribution in [1.29, 1.82) is 0 Å². The minimum atomic E-state index is -3.56. The maximum absolute atomic E-state index is 13.3. The minimum absolute atomic E-state index is 0.0630. The number of sulfonamides is 1. The molecule has 0 bridgehead atoms. The van der Waals surface area contributed by atoms with Crippen LogP contribution < -0.4 is 9.62 Å². The van der Waals surface area contributed by atoms with E-state index in [0.29, 0.717) is 27.8 Å². The third-order valence-corrected chi connectivity index (χ3v) is 7.62. The number of halogens is 2. The van der Waals surface area contributed by atoms with Crippen LogP contribution in [0.4, 0.5) is 5.69 Å². The molecule has 2 rings (SSSR count). The molecule has 1 atom stereocenters. The van der Waals surface area contributed by atoms with Gasteiger partial charge in [-0.15, -0.1) is 0 Å². The summed E-state index contributed by atoms with van der Waals surface area (Å²) >= 11 is 12.4. The lowest BCUT2D eigenvalue weighted by Crippen LogP contribution is -2.48. The van der Waals surface area contributed by atoms with Crippen LogP contribution in [0.15, 0.2) is 36.4 Å². The van der Waals surface area contributed by atoms with E-state index < -0.39 is 16.1 Å². The number of hydrogen-bond acceptors (Lipinski definition) is 4. The van der Waals surface area contributed by atoms with Gasteiger partial charge < -0.3 is 10.2 Å². The highest BCUT2D eigenvalue weighted by atomic mass is 35.5. The van der Waals surface area contributed by atoms with Crippen LogP contribution in [0, 0.1) is 13.8 Å². The van der Waals surface area contributed by atoms with Gasteiger partial charge in [-0.1, -0.05) is 48.3 Å². The van der Waals surface area contributed by atoms with Crippen LogP contribution >= 0.6 is 23.2 Å². The van der Waals surface area contributed by atoms with Gasteiger partial charge in [-0.05, 0) is 68.5 Å². The largest absolute Gasteiger partial charge is 0.354 e. The average molecular weight is 557 g/mol. The molecule has 0 spiro atoms. The monoisotopic (exact) mass is 555 g/mol. The Bertz CT molecular complexity index is 1190. The van der Waals surface area contributed by atoms with Crippen LogP contribution in [0.5, 0.6) is 0 Å². The topological polar surface area (TPSA) is 86.8 Å². The summed E-state index contributed by atoms with van der Waals surface area (Å²) in [6.45, 7) is 8.15. The second-order valence-corrected chi connectivity index (χ2v) is 11.7. The highest BCUT2D eigenvalue weighted by Crippen LogP contribution is 2.26. The fourth-order valence-electron chi connectivity index (χ4n) is 3.78. The van der Waals surface area contributed by atoms with E-state index >= 15 is 0 Å². The molecule has 0 aromatic heterocycles. The van der Waals surface area contributed by atoms with Crippen LogP contribution in [0.25, 0.3) is 0 Å². The quantitative estimate of drug-likeness (QED) is 0.394. The zero-order valence-electron chi connectivity index (χ0n) is 21.5. The molecule has 198 valence electrons. The van der Waals surface area contributed by atoms with Crippen LogP contribution in [-0.4, -0.2) is 50.5 Å². The molecule has 0 aliphatic heterocycles. The third-order valence-electron chi connectivity index (χ3n) is 5.86. The smallest absolute Gasteiger partial charge is 0.242 e. The Labute approximate surface area is 224 Å². The van der Waals surface area contributed by atoms with Gasteiger partial charge in [0, 0.05) is 36.1 Å². The van der Waals surface area contributed by atoms with Crippen molar-refractivity contribution in [2.75, 3.05) is 23.7 Å². The number of rotatable bonds is 12. The SMILES string of the molecule is CCCNC(=O)[C@@H](C)N(Cc1ccc(Cl)cc1Cl)C(=O)CCCN(c1cc(C)ccc1C)S(C)(=O)=O. The average Bonchev–Trinajstić information content (AvgIpc) is 2.80. The van der Waals surface area contributed by atoms with Gasteiger partial charge in [0.2, 0.25) is 21.8 Å². The Hall–Kier alpha value is -2.29. The van der Waals surface area contributed by atoms with Gasteiger partial charge in [-0.2, -0.15) is 0 Å². The van der Waals surface area contributed by atoms with Crippen molar-refractivity contribution in [3.8, 4) is 0 Å². The summed E-state index contributed by atoms with van der Waals surface area (Å²) in [5.74, 6) is -0.530. The summed E-state index contributed by atoms with van der Waals surface area (Å²) in [5.41, 5.74) is 3.04. The minimum Gasteiger partial charge on any atom is -0.354 e. The predicted molar refractivity (Wildman–Crippen MR) is 147 cm³/mol. The fraction of sp³-hybridized carbons (Fsp3) is 0.462. The number of aryl methyl sites for hydroxylation is 2. The molecule has 7 nitrogen and oxygen atoms in total. The molecule has 2 aromatic carbocycles. The van der Waals surface area contributed by atoms with Crippen molar-refractivity contribution >= 4 is 50.7 Å². The van der Waals surface area contributed by atoms with Crippen molar-refractivity contribution in [1.82, 2.24) is 10.2 Å². The lowest BCUT2D eigenvalue weighted by molar-refractivity contribution is -0.140. The molecule has 0 aliphatic rings. The van der Waals surface area contributed by atoms with Gasteiger partial charge in [0.25, 0.3) is 0 Å². The lowest BCUT2D eigenvalue weighted by atomic mass is 10.1. The number of hydrogen-bond donors (Lipinski definition) is 1. The van der Waals surface area contributed by atoms with Crippen molar-refractivity contribution in [3.05, 3.63) is 63.1 Å². The van der Waals surface area contributed by atoms with E-state index in [4.69, 9.17) is 23.2 Å². The molecule has 2 aromatic rings. The molecule has 0 radical (unpaired) electrons. The summed E-state index contributed by atoms with van der Waals surface area (Å²) in [6.07, 6.45) is 2.28. The van der Waals surface area contributed by atoms with E-state index in [9.17, 15) is 18.0 Å². The van der Waals surface area contributed by atoms with Crippen molar-refractivity contribution in [2.45, 2.75) is 59.5 Å². The van der Waals surface area contributed by atoms with E-state index in [0.717, 1.165) is 23.8 Å². The molecule has 0 saturated heterocycles. The van der Waals surface area contributed by atoms with E-state index in [1.807, 2.05) is 39.0 Å². The first-order valence-corrected chi connectivity index (χ1v) is 14.5. The number of nitrogens with one attached hydrogen (secondary N) is 1. The summed E-state index contributed by atoms with van der Waals surface area (Å²) in [6, 6.07) is 9.90. The second-order valence-electron chi connectivity index (χ2n) is 8.95. The van der Waals surface area contributed by atoms with Crippen LogP contribution in [-0.2, 0) is 26.2 Å². The maximum Gasteiger partial charge on any atom is 0.242 e. The molecular formula is C26H35Cl2N3O4S. The van der Waals surface area contributed by atoms with Gasteiger partial charge in [-0.3, -0.25) is 13.9 Å². The van der Waals surface area contributed by atoms with Gasteiger partial charge in [0.05, 0.1) is 11.9 Å². The standard InChI is InChI=1S/C26H35Cl2N3O4S/c1-6-13-29-26(33)20(4)30(17-21-11-12-22(27)16-23(21)28)25(32)8-7-14-31(36(5,34)35)24-15-18(2)9-10-19(24)3/h9-12,15-16,20H,6-8,13-14,17H2,1-5H3,(H,29,33)/t20-/m1/s1. The number of carbonyl (C=O) groups is 2. The molecular weight excluding hydrogens is 521 g/mol. The van der Waals surface area contributed by atoms with Gasteiger partial charge >= 0.3 is 0 Å². The third kappa shape index (κ3) is 8.39. The first-order valence-electron chi connectivity index (χ1n) is 11.9.